The fourth-order valence-electron chi connectivity index (χ4n) is 1.15. The van der Waals surface area contributed by atoms with Crippen LogP contribution in [0, 0.1) is 5.92 Å². The highest BCUT2D eigenvalue weighted by molar-refractivity contribution is 7.99. The van der Waals surface area contributed by atoms with Crippen LogP contribution >= 0.6 is 11.8 Å². The molecule has 0 aliphatic rings. The minimum absolute atomic E-state index is 0.276. The van der Waals surface area contributed by atoms with E-state index in [1.807, 2.05) is 0 Å². The van der Waals surface area contributed by atoms with Gasteiger partial charge in [-0.1, -0.05) is 20.8 Å². The van der Waals surface area contributed by atoms with Crippen LogP contribution in [0.5, 0.6) is 0 Å². The average Bonchev–Trinajstić information content (AvgIpc) is 2.08. The van der Waals surface area contributed by atoms with Gasteiger partial charge in [0, 0.05) is 10.8 Å². The number of unbranched alkanes of at least 4 members (excludes halogenated alkanes) is 1. The van der Waals surface area contributed by atoms with Crippen LogP contribution in [0.4, 0.5) is 0 Å². The molecule has 0 aliphatic carbocycles. The summed E-state index contributed by atoms with van der Waals surface area (Å²) in [6, 6.07) is 0. The molecule has 0 heterocycles. The molecule has 0 aromatic carbocycles. The van der Waals surface area contributed by atoms with Crippen molar-refractivity contribution in [3.63, 3.8) is 0 Å². The molecular weight excluding hydrogens is 202 g/mol. The van der Waals surface area contributed by atoms with Gasteiger partial charge in [0.2, 0.25) is 0 Å². The van der Waals surface area contributed by atoms with Crippen LogP contribution < -0.4 is 5.32 Å². The van der Waals surface area contributed by atoms with Gasteiger partial charge in [-0.15, -0.1) is 0 Å². The van der Waals surface area contributed by atoms with Gasteiger partial charge in [-0.3, -0.25) is 0 Å². The summed E-state index contributed by atoms with van der Waals surface area (Å²) in [5.41, 5.74) is 0.276. The Morgan fingerprint density at radius 1 is 1.07 bits per heavy atom. The molecule has 0 aliphatic heterocycles. The van der Waals surface area contributed by atoms with Gasteiger partial charge in [0.25, 0.3) is 0 Å². The summed E-state index contributed by atoms with van der Waals surface area (Å²) in [6.45, 7) is 14.8. The summed E-state index contributed by atoms with van der Waals surface area (Å²) in [5, 5.41) is 4.33. The second kappa shape index (κ2) is 7.56. The Labute approximate surface area is 101 Å². The highest BCUT2D eigenvalue weighted by atomic mass is 32.2. The van der Waals surface area contributed by atoms with Crippen LogP contribution in [-0.4, -0.2) is 23.1 Å². The maximum atomic E-state index is 3.52. The molecule has 1 nitrogen and oxygen atoms in total. The Morgan fingerprint density at radius 3 is 2.13 bits per heavy atom. The van der Waals surface area contributed by atoms with Crippen LogP contribution in [0.1, 0.15) is 54.4 Å². The van der Waals surface area contributed by atoms with E-state index in [2.05, 4.69) is 58.6 Å². The molecule has 0 radical (unpaired) electrons. The van der Waals surface area contributed by atoms with Gasteiger partial charge in [-0.25, -0.2) is 0 Å². The summed E-state index contributed by atoms with van der Waals surface area (Å²) < 4.78 is 0. The number of thioether (sulfide) groups is 1. The largest absolute Gasteiger partial charge is 0.312 e. The zero-order valence-electron chi connectivity index (χ0n) is 11.4. The first kappa shape index (κ1) is 15.3. The van der Waals surface area contributed by atoms with Gasteiger partial charge in [0.1, 0.15) is 0 Å². The summed E-state index contributed by atoms with van der Waals surface area (Å²) in [4.78, 5) is 0. The summed E-state index contributed by atoms with van der Waals surface area (Å²) in [6.07, 6.45) is 2.64. The second-order valence-electron chi connectivity index (χ2n) is 5.70. The van der Waals surface area contributed by atoms with E-state index in [1.54, 1.807) is 0 Å². The van der Waals surface area contributed by atoms with Crippen LogP contribution in [0.3, 0.4) is 0 Å². The Bertz CT molecular complexity index is 149. The van der Waals surface area contributed by atoms with Crippen molar-refractivity contribution in [3.8, 4) is 0 Å². The smallest absolute Gasteiger partial charge is 0.00965 e. The van der Waals surface area contributed by atoms with Crippen molar-refractivity contribution in [1.29, 1.82) is 0 Å². The van der Waals surface area contributed by atoms with E-state index in [0.29, 0.717) is 0 Å². The Kier molecular flexibility index (Phi) is 7.72. The molecule has 2 heteroatoms. The monoisotopic (exact) mass is 231 g/mol. The first-order chi connectivity index (χ1) is 6.83. The maximum absolute atomic E-state index is 3.52. The van der Waals surface area contributed by atoms with E-state index in [9.17, 15) is 0 Å². The van der Waals surface area contributed by atoms with E-state index in [-0.39, 0.29) is 5.54 Å². The van der Waals surface area contributed by atoms with Crippen LogP contribution in [0.2, 0.25) is 0 Å². The predicted octanol–water partition coefficient (Wildman–Crippen LogP) is 3.93. The molecule has 1 unspecified atom stereocenters. The van der Waals surface area contributed by atoms with Crippen LogP contribution in [0.25, 0.3) is 0 Å². The Balaban J connectivity index is 3.26. The fraction of sp³-hybridized carbons (Fsp3) is 1.00. The Morgan fingerprint density at radius 2 is 1.67 bits per heavy atom. The number of hydrogen-bond acceptors (Lipinski definition) is 2. The summed E-state index contributed by atoms with van der Waals surface area (Å²) >= 11 is 2.11. The highest BCUT2D eigenvalue weighted by Gasteiger charge is 2.08. The first-order valence-electron chi connectivity index (χ1n) is 6.19. The van der Waals surface area contributed by atoms with Crippen molar-refractivity contribution in [1.82, 2.24) is 5.32 Å². The van der Waals surface area contributed by atoms with E-state index in [4.69, 9.17) is 0 Å². The third kappa shape index (κ3) is 10.6. The van der Waals surface area contributed by atoms with Gasteiger partial charge in [0.05, 0.1) is 0 Å². The third-order valence-electron chi connectivity index (χ3n) is 2.55. The number of hydrogen-bond donors (Lipinski definition) is 1. The van der Waals surface area contributed by atoms with Gasteiger partial charge in [0.15, 0.2) is 0 Å². The molecule has 0 bridgehead atoms. The minimum atomic E-state index is 0.276. The van der Waals surface area contributed by atoms with Gasteiger partial charge < -0.3 is 5.32 Å². The number of rotatable bonds is 7. The topological polar surface area (TPSA) is 12.0 Å². The normalized spacial score (nSPS) is 14.6. The highest BCUT2D eigenvalue weighted by Crippen LogP contribution is 2.19. The molecule has 92 valence electrons. The molecular formula is C13H29NS. The van der Waals surface area contributed by atoms with Gasteiger partial charge in [-0.2, -0.15) is 11.8 Å². The molecule has 0 saturated carbocycles. The third-order valence-corrected chi connectivity index (χ3v) is 4.14. The lowest BCUT2D eigenvalue weighted by molar-refractivity contribution is 0.421. The molecule has 1 N–H and O–H groups in total. The Hall–Kier alpha value is 0.310. The van der Waals surface area contributed by atoms with E-state index < -0.39 is 0 Å². The second-order valence-corrected chi connectivity index (χ2v) is 7.19. The van der Waals surface area contributed by atoms with Gasteiger partial charge >= 0.3 is 0 Å². The van der Waals surface area contributed by atoms with Crippen LogP contribution in [-0.2, 0) is 0 Å². The number of nitrogens with one attached hydrogen (secondary N) is 1. The first-order valence-corrected chi connectivity index (χ1v) is 7.24. The van der Waals surface area contributed by atoms with E-state index in [0.717, 1.165) is 17.7 Å². The molecule has 0 aromatic rings. The summed E-state index contributed by atoms with van der Waals surface area (Å²) in [5.74, 6) is 2.12. The lowest BCUT2D eigenvalue weighted by Gasteiger charge is -2.20. The van der Waals surface area contributed by atoms with Crippen LogP contribution in [0.15, 0.2) is 0 Å². The molecule has 15 heavy (non-hydrogen) atoms. The van der Waals surface area contributed by atoms with Crippen molar-refractivity contribution >= 4 is 11.8 Å². The molecule has 0 rings (SSSR count). The molecule has 0 spiro atoms. The molecule has 1 atom stereocenters. The molecule has 0 amide bonds. The van der Waals surface area contributed by atoms with Crippen molar-refractivity contribution in [2.75, 3.05) is 12.3 Å². The average molecular weight is 231 g/mol. The minimum Gasteiger partial charge on any atom is -0.312 e. The quantitative estimate of drug-likeness (QED) is 0.666. The molecule has 0 aromatic heterocycles. The standard InChI is InChI=1S/C13H29NS/c1-11(2)12(3)15-10-8-7-9-14-13(4,5)6/h11-12,14H,7-10H2,1-6H3. The fourth-order valence-corrected chi connectivity index (χ4v) is 2.28. The zero-order valence-corrected chi connectivity index (χ0v) is 12.2. The van der Waals surface area contributed by atoms with Crippen molar-refractivity contribution < 1.29 is 0 Å². The molecule has 0 fully saturated rings. The molecule has 0 saturated heterocycles. The van der Waals surface area contributed by atoms with Crippen molar-refractivity contribution in [2.45, 2.75) is 65.2 Å². The SMILES string of the molecule is CC(C)C(C)SCCCCNC(C)(C)C. The summed E-state index contributed by atoms with van der Waals surface area (Å²) in [7, 11) is 0. The van der Waals surface area contributed by atoms with Crippen molar-refractivity contribution in [2.24, 2.45) is 5.92 Å². The zero-order chi connectivity index (χ0) is 11.9. The predicted molar refractivity (Wildman–Crippen MR) is 73.7 cm³/mol. The lowest BCUT2D eigenvalue weighted by atomic mass is 10.1. The van der Waals surface area contributed by atoms with E-state index >= 15 is 0 Å². The maximum Gasteiger partial charge on any atom is 0.00965 e. The van der Waals surface area contributed by atoms with E-state index in [1.165, 1.54) is 18.6 Å². The lowest BCUT2D eigenvalue weighted by Crippen LogP contribution is -2.36. The van der Waals surface area contributed by atoms with Crippen molar-refractivity contribution in [3.05, 3.63) is 0 Å². The van der Waals surface area contributed by atoms with Gasteiger partial charge in [-0.05, 0) is 51.8 Å².